The molecule has 1 amide bonds. The summed E-state index contributed by atoms with van der Waals surface area (Å²) in [7, 11) is 0. The average molecular weight is 384 g/mol. The van der Waals surface area contributed by atoms with Gasteiger partial charge in [0.15, 0.2) is 0 Å². The minimum absolute atomic E-state index is 0.199. The Bertz CT molecular complexity index is 968. The molecular formula is C27H29NO. The number of benzene rings is 3. The maximum absolute atomic E-state index is 11.4. The van der Waals surface area contributed by atoms with Crippen molar-refractivity contribution in [2.24, 2.45) is 0 Å². The molecule has 0 atom stereocenters. The summed E-state index contributed by atoms with van der Waals surface area (Å²) >= 11 is 0. The second kappa shape index (κ2) is 9.88. The summed E-state index contributed by atoms with van der Waals surface area (Å²) in [6.07, 6.45) is 6.25. The minimum atomic E-state index is -0.199. The van der Waals surface area contributed by atoms with Crippen molar-refractivity contribution < 1.29 is 4.79 Å². The first kappa shape index (κ1) is 20.6. The zero-order valence-corrected chi connectivity index (χ0v) is 17.4. The van der Waals surface area contributed by atoms with Gasteiger partial charge in [-0.05, 0) is 71.4 Å². The third kappa shape index (κ3) is 5.45. The number of hydrogen-bond acceptors (Lipinski definition) is 1. The number of aryl methyl sites for hydroxylation is 2. The fourth-order valence-electron chi connectivity index (χ4n) is 3.54. The van der Waals surface area contributed by atoms with Crippen molar-refractivity contribution in [3.05, 3.63) is 90.5 Å². The molecule has 0 heterocycles. The van der Waals surface area contributed by atoms with Gasteiger partial charge in [0.2, 0.25) is 5.91 Å². The van der Waals surface area contributed by atoms with Crippen LogP contribution in [-0.4, -0.2) is 5.91 Å². The zero-order chi connectivity index (χ0) is 20.6. The highest BCUT2D eigenvalue weighted by Crippen LogP contribution is 2.29. The lowest BCUT2D eigenvalue weighted by molar-refractivity contribution is -0.111. The Morgan fingerprint density at radius 2 is 1.55 bits per heavy atom. The van der Waals surface area contributed by atoms with Gasteiger partial charge in [-0.15, -0.1) is 0 Å². The van der Waals surface area contributed by atoms with E-state index in [4.69, 9.17) is 0 Å². The predicted molar refractivity (Wildman–Crippen MR) is 124 cm³/mol. The van der Waals surface area contributed by atoms with Crippen molar-refractivity contribution in [1.29, 1.82) is 0 Å². The van der Waals surface area contributed by atoms with Gasteiger partial charge in [-0.25, -0.2) is 0 Å². The van der Waals surface area contributed by atoms with E-state index in [-0.39, 0.29) is 5.91 Å². The smallest absolute Gasteiger partial charge is 0.247 e. The molecule has 0 saturated carbocycles. The Morgan fingerprint density at radius 1 is 0.897 bits per heavy atom. The van der Waals surface area contributed by atoms with E-state index in [1.165, 1.54) is 53.2 Å². The molecule has 0 saturated heterocycles. The summed E-state index contributed by atoms with van der Waals surface area (Å²) in [6, 6.07) is 23.5. The van der Waals surface area contributed by atoms with Crippen molar-refractivity contribution in [2.75, 3.05) is 5.32 Å². The van der Waals surface area contributed by atoms with Crippen LogP contribution >= 0.6 is 0 Å². The summed E-state index contributed by atoms with van der Waals surface area (Å²) in [5.74, 6) is -0.199. The van der Waals surface area contributed by atoms with E-state index in [1.807, 2.05) is 24.3 Å². The molecule has 3 aromatic rings. The second-order valence-corrected chi connectivity index (χ2v) is 7.45. The summed E-state index contributed by atoms with van der Waals surface area (Å²) in [5, 5.41) is 2.78. The van der Waals surface area contributed by atoms with E-state index in [1.54, 1.807) is 0 Å². The Morgan fingerprint density at radius 3 is 2.17 bits per heavy atom. The Kier molecular flexibility index (Phi) is 7.02. The number of carbonyl (C=O) groups excluding carboxylic acids is 1. The van der Waals surface area contributed by atoms with Crippen LogP contribution in [0.15, 0.2) is 79.4 Å². The van der Waals surface area contributed by atoms with Gasteiger partial charge in [-0.3, -0.25) is 4.79 Å². The van der Waals surface area contributed by atoms with Crippen LogP contribution in [0.1, 0.15) is 37.3 Å². The first-order valence-corrected chi connectivity index (χ1v) is 10.3. The number of rotatable bonds is 8. The lowest BCUT2D eigenvalue weighted by atomic mass is 9.95. The first-order chi connectivity index (χ1) is 14.1. The maximum Gasteiger partial charge on any atom is 0.247 e. The third-order valence-corrected chi connectivity index (χ3v) is 5.23. The van der Waals surface area contributed by atoms with Gasteiger partial charge >= 0.3 is 0 Å². The van der Waals surface area contributed by atoms with Gasteiger partial charge in [-0.2, -0.15) is 0 Å². The van der Waals surface area contributed by atoms with Crippen LogP contribution in [0.3, 0.4) is 0 Å². The predicted octanol–water partition coefficient (Wildman–Crippen LogP) is 7.19. The lowest BCUT2D eigenvalue weighted by Crippen LogP contribution is -2.06. The van der Waals surface area contributed by atoms with Crippen LogP contribution in [0.25, 0.3) is 22.3 Å². The van der Waals surface area contributed by atoms with Gasteiger partial charge < -0.3 is 5.32 Å². The van der Waals surface area contributed by atoms with E-state index < -0.39 is 0 Å². The van der Waals surface area contributed by atoms with Gasteiger partial charge in [0.25, 0.3) is 0 Å². The molecule has 0 unspecified atom stereocenters. The molecule has 29 heavy (non-hydrogen) atoms. The molecule has 0 fully saturated rings. The maximum atomic E-state index is 11.4. The molecule has 1 N–H and O–H groups in total. The molecule has 0 bridgehead atoms. The number of anilines is 1. The highest BCUT2D eigenvalue weighted by molar-refractivity contribution is 5.99. The SMILES string of the molecule is C=CC(=O)Nc1ccc(-c2ccc(-c3ccc(CCCCC)cc3)cc2C)cc1. The van der Waals surface area contributed by atoms with Crippen molar-refractivity contribution in [2.45, 2.75) is 39.5 Å². The zero-order valence-electron chi connectivity index (χ0n) is 17.4. The summed E-state index contributed by atoms with van der Waals surface area (Å²) < 4.78 is 0. The van der Waals surface area contributed by atoms with E-state index >= 15 is 0 Å². The molecule has 0 aliphatic rings. The normalized spacial score (nSPS) is 10.6. The Labute approximate surface area is 174 Å². The van der Waals surface area contributed by atoms with Gasteiger partial charge in [0, 0.05) is 5.69 Å². The number of nitrogens with one attached hydrogen (secondary N) is 1. The van der Waals surface area contributed by atoms with Crippen LogP contribution in [0, 0.1) is 6.92 Å². The van der Waals surface area contributed by atoms with Crippen molar-refractivity contribution in [3.8, 4) is 22.3 Å². The van der Waals surface area contributed by atoms with Crippen LogP contribution in [0.4, 0.5) is 5.69 Å². The molecule has 0 radical (unpaired) electrons. The molecular weight excluding hydrogens is 354 g/mol. The lowest BCUT2D eigenvalue weighted by Gasteiger charge is -2.11. The van der Waals surface area contributed by atoms with E-state index in [0.717, 1.165) is 17.7 Å². The van der Waals surface area contributed by atoms with E-state index in [2.05, 4.69) is 68.2 Å². The van der Waals surface area contributed by atoms with Gasteiger partial charge in [0.1, 0.15) is 0 Å². The van der Waals surface area contributed by atoms with Crippen LogP contribution < -0.4 is 5.32 Å². The van der Waals surface area contributed by atoms with Gasteiger partial charge in [-0.1, -0.05) is 80.9 Å². The number of carbonyl (C=O) groups is 1. The molecule has 0 aromatic heterocycles. The first-order valence-electron chi connectivity index (χ1n) is 10.3. The quantitative estimate of drug-likeness (QED) is 0.324. The molecule has 3 rings (SSSR count). The third-order valence-electron chi connectivity index (χ3n) is 5.23. The molecule has 0 aliphatic heterocycles. The van der Waals surface area contributed by atoms with E-state index in [0.29, 0.717) is 0 Å². The van der Waals surface area contributed by atoms with Crippen molar-refractivity contribution >= 4 is 11.6 Å². The topological polar surface area (TPSA) is 29.1 Å². The average Bonchev–Trinajstić information content (AvgIpc) is 2.75. The highest BCUT2D eigenvalue weighted by Gasteiger charge is 2.06. The molecule has 3 aromatic carbocycles. The number of unbranched alkanes of at least 4 members (excludes halogenated alkanes) is 2. The monoisotopic (exact) mass is 383 g/mol. The molecule has 148 valence electrons. The van der Waals surface area contributed by atoms with Crippen LogP contribution in [0.5, 0.6) is 0 Å². The Hall–Kier alpha value is -3.13. The van der Waals surface area contributed by atoms with Crippen molar-refractivity contribution in [3.63, 3.8) is 0 Å². The summed E-state index contributed by atoms with van der Waals surface area (Å²) in [5.41, 5.74) is 8.24. The minimum Gasteiger partial charge on any atom is -0.323 e. The second-order valence-electron chi connectivity index (χ2n) is 7.45. The molecule has 0 aliphatic carbocycles. The van der Waals surface area contributed by atoms with Gasteiger partial charge in [0.05, 0.1) is 0 Å². The standard InChI is InChI=1S/C27H29NO/c1-4-6-7-8-21-9-11-22(12-10-21)24-15-18-26(20(3)19-24)23-13-16-25(17-14-23)28-27(29)5-2/h5,9-19H,2,4,6-8H2,1,3H3,(H,28,29). The van der Waals surface area contributed by atoms with Crippen LogP contribution in [-0.2, 0) is 11.2 Å². The van der Waals surface area contributed by atoms with Crippen LogP contribution in [0.2, 0.25) is 0 Å². The largest absolute Gasteiger partial charge is 0.323 e. The molecule has 2 heteroatoms. The highest BCUT2D eigenvalue weighted by atomic mass is 16.1. The molecule has 2 nitrogen and oxygen atoms in total. The fraction of sp³-hybridized carbons (Fsp3) is 0.222. The summed E-state index contributed by atoms with van der Waals surface area (Å²) in [4.78, 5) is 11.4. The molecule has 0 spiro atoms. The number of amides is 1. The fourth-order valence-corrected chi connectivity index (χ4v) is 3.54. The number of hydrogen-bond donors (Lipinski definition) is 1. The van der Waals surface area contributed by atoms with E-state index in [9.17, 15) is 4.79 Å². The Balaban J connectivity index is 1.74. The summed E-state index contributed by atoms with van der Waals surface area (Å²) in [6.45, 7) is 7.86. The van der Waals surface area contributed by atoms with Crippen molar-refractivity contribution in [1.82, 2.24) is 0 Å².